The van der Waals surface area contributed by atoms with Gasteiger partial charge < -0.3 is 28.8 Å². The van der Waals surface area contributed by atoms with Crippen molar-refractivity contribution in [2.24, 2.45) is 0 Å². The summed E-state index contributed by atoms with van der Waals surface area (Å²) in [4.78, 5) is 12.3. The molecule has 3 aromatic carbocycles. The van der Waals surface area contributed by atoms with E-state index in [9.17, 15) is 0 Å². The van der Waals surface area contributed by atoms with Crippen LogP contribution in [0.25, 0.3) is 11.0 Å². The first-order valence-electron chi connectivity index (χ1n) is 13.6. The van der Waals surface area contributed by atoms with E-state index >= 15 is 0 Å². The largest absolute Gasteiger partial charge is 0.497 e. The van der Waals surface area contributed by atoms with Gasteiger partial charge in [-0.1, -0.05) is 30.3 Å². The second kappa shape index (κ2) is 14.1. The molecule has 5 rings (SSSR count). The Morgan fingerprint density at radius 1 is 0.872 bits per heavy atom. The van der Waals surface area contributed by atoms with Crippen LogP contribution in [0, 0.1) is 0 Å². The molecule has 0 atom stereocenters. The average Bonchev–Trinajstić information content (AvgIpc) is 3.45. The third kappa shape index (κ3) is 8.03. The van der Waals surface area contributed by atoms with Gasteiger partial charge in [0.15, 0.2) is 0 Å². The maximum atomic E-state index is 5.95. The van der Waals surface area contributed by atoms with E-state index in [1.54, 1.807) is 13.4 Å². The minimum absolute atomic E-state index is 0.549. The highest BCUT2D eigenvalue weighted by atomic mass is 16.5. The van der Waals surface area contributed by atoms with Crippen LogP contribution >= 0.6 is 0 Å². The summed E-state index contributed by atoms with van der Waals surface area (Å²) in [5.74, 6) is 0.862. The lowest BCUT2D eigenvalue weighted by atomic mass is 10.1. The molecule has 0 bridgehead atoms. The lowest BCUT2D eigenvalue weighted by molar-refractivity contribution is 0.00585. The van der Waals surface area contributed by atoms with Crippen molar-refractivity contribution in [3.8, 4) is 5.75 Å². The van der Waals surface area contributed by atoms with E-state index < -0.39 is 0 Å². The molecule has 0 radical (unpaired) electrons. The normalized spacial score (nSPS) is 14.1. The Bertz CT molecular complexity index is 1300. The monoisotopic (exact) mass is 530 g/mol. The van der Waals surface area contributed by atoms with Gasteiger partial charge in [-0.3, -0.25) is 4.90 Å². The van der Waals surface area contributed by atoms with Gasteiger partial charge in [-0.25, -0.2) is 4.98 Å². The minimum Gasteiger partial charge on any atom is -0.497 e. The molecular formula is C31H38N4O4. The first-order valence-corrected chi connectivity index (χ1v) is 13.6. The lowest BCUT2D eigenvalue weighted by Crippen LogP contribution is -2.38. The molecule has 0 saturated carbocycles. The summed E-state index contributed by atoms with van der Waals surface area (Å²) in [6, 6.07) is 23.2. The van der Waals surface area contributed by atoms with Crippen molar-refractivity contribution < 1.29 is 18.9 Å². The van der Waals surface area contributed by atoms with Crippen LogP contribution in [0.4, 0.5) is 5.69 Å². The highest BCUT2D eigenvalue weighted by molar-refractivity contribution is 5.75. The smallest absolute Gasteiger partial charge is 0.119 e. The van der Waals surface area contributed by atoms with Gasteiger partial charge in [0.25, 0.3) is 0 Å². The van der Waals surface area contributed by atoms with Gasteiger partial charge in [-0.2, -0.15) is 0 Å². The zero-order chi connectivity index (χ0) is 26.7. The molecule has 0 unspecified atom stereocenters. The molecule has 2 heterocycles. The summed E-state index contributed by atoms with van der Waals surface area (Å²) in [6.45, 7) is 8.51. The van der Waals surface area contributed by atoms with E-state index in [1.165, 1.54) is 11.1 Å². The predicted molar refractivity (Wildman–Crippen MR) is 153 cm³/mol. The van der Waals surface area contributed by atoms with Crippen molar-refractivity contribution in [3.05, 3.63) is 89.7 Å². The Balaban J connectivity index is 1.19. The van der Waals surface area contributed by atoms with Crippen LogP contribution < -0.4 is 9.64 Å². The molecule has 39 heavy (non-hydrogen) atoms. The molecule has 1 aliphatic heterocycles. The molecular weight excluding hydrogens is 492 g/mol. The number of anilines is 1. The number of methoxy groups -OCH3 is 1. The standard InChI is InChI=1S/C31H38N4O4/c1-36-29-7-3-4-25(19-29)21-35(22-26-8-9-30-31(20-26)33-24-32-30)28-6-2-5-27(18-28)23-39-17-16-38-15-12-34-10-13-37-14-11-34/h2-9,18-20,24H,10-17,21-23H2,1H3,(H,32,33). The van der Waals surface area contributed by atoms with E-state index in [0.717, 1.165) is 80.6 Å². The summed E-state index contributed by atoms with van der Waals surface area (Å²) in [5, 5.41) is 0. The van der Waals surface area contributed by atoms with Crippen LogP contribution in [0.5, 0.6) is 5.75 Å². The molecule has 0 spiro atoms. The number of aromatic nitrogens is 2. The number of nitrogens with one attached hydrogen (secondary N) is 1. The van der Waals surface area contributed by atoms with Gasteiger partial charge in [0.1, 0.15) is 5.75 Å². The highest BCUT2D eigenvalue weighted by Gasteiger charge is 2.12. The summed E-state index contributed by atoms with van der Waals surface area (Å²) >= 11 is 0. The molecule has 1 N–H and O–H groups in total. The first-order chi connectivity index (χ1) is 19.3. The van der Waals surface area contributed by atoms with Crippen LogP contribution in [-0.2, 0) is 33.9 Å². The maximum Gasteiger partial charge on any atom is 0.119 e. The van der Waals surface area contributed by atoms with Crippen LogP contribution in [0.1, 0.15) is 16.7 Å². The fraction of sp³-hybridized carbons (Fsp3) is 0.387. The van der Waals surface area contributed by atoms with Gasteiger partial charge in [0.2, 0.25) is 0 Å². The van der Waals surface area contributed by atoms with E-state index in [0.29, 0.717) is 19.8 Å². The van der Waals surface area contributed by atoms with Crippen molar-refractivity contribution in [3.63, 3.8) is 0 Å². The molecule has 0 aliphatic carbocycles. The fourth-order valence-corrected chi connectivity index (χ4v) is 4.80. The van der Waals surface area contributed by atoms with Gasteiger partial charge >= 0.3 is 0 Å². The number of nitrogens with zero attached hydrogens (tertiary/aromatic N) is 3. The second-order valence-corrected chi connectivity index (χ2v) is 9.75. The number of ether oxygens (including phenoxy) is 4. The van der Waals surface area contributed by atoms with Gasteiger partial charge in [0.05, 0.1) is 64.1 Å². The molecule has 1 aliphatic rings. The van der Waals surface area contributed by atoms with E-state index in [2.05, 4.69) is 74.4 Å². The third-order valence-electron chi connectivity index (χ3n) is 6.94. The topological polar surface area (TPSA) is 72.1 Å². The second-order valence-electron chi connectivity index (χ2n) is 9.75. The summed E-state index contributed by atoms with van der Waals surface area (Å²) in [5.41, 5.74) is 6.70. The molecule has 4 aromatic rings. The lowest BCUT2D eigenvalue weighted by Gasteiger charge is -2.26. The van der Waals surface area contributed by atoms with E-state index in [4.69, 9.17) is 18.9 Å². The third-order valence-corrected chi connectivity index (χ3v) is 6.94. The SMILES string of the molecule is COc1cccc(CN(Cc2ccc3nc[nH]c3c2)c2cccc(COCCOCCN3CCOCC3)c2)c1. The molecule has 1 aromatic heterocycles. The Hall–Kier alpha value is -3.43. The van der Waals surface area contributed by atoms with Crippen LogP contribution in [-0.4, -0.2) is 74.6 Å². The van der Waals surface area contributed by atoms with Crippen LogP contribution in [0.2, 0.25) is 0 Å². The molecule has 206 valence electrons. The summed E-state index contributed by atoms with van der Waals surface area (Å²) in [7, 11) is 1.70. The zero-order valence-electron chi connectivity index (χ0n) is 22.7. The number of rotatable bonds is 14. The maximum absolute atomic E-state index is 5.95. The van der Waals surface area contributed by atoms with Gasteiger partial charge in [-0.15, -0.1) is 0 Å². The van der Waals surface area contributed by atoms with Crippen molar-refractivity contribution in [1.82, 2.24) is 14.9 Å². The van der Waals surface area contributed by atoms with Crippen molar-refractivity contribution >= 4 is 16.7 Å². The minimum atomic E-state index is 0.549. The van der Waals surface area contributed by atoms with Crippen LogP contribution in [0.15, 0.2) is 73.1 Å². The Labute approximate surface area is 230 Å². The van der Waals surface area contributed by atoms with Crippen molar-refractivity contribution in [2.75, 3.05) is 64.7 Å². The molecule has 8 heteroatoms. The number of aromatic amines is 1. The number of morpholine rings is 1. The summed E-state index contributed by atoms with van der Waals surface area (Å²) in [6.07, 6.45) is 1.74. The number of fused-ring (bicyclic) bond motifs is 1. The fourth-order valence-electron chi connectivity index (χ4n) is 4.80. The summed E-state index contributed by atoms with van der Waals surface area (Å²) < 4.78 is 22.6. The van der Waals surface area contributed by atoms with Crippen molar-refractivity contribution in [2.45, 2.75) is 19.7 Å². The average molecular weight is 531 g/mol. The number of imidazole rings is 1. The van der Waals surface area contributed by atoms with Gasteiger partial charge in [0, 0.05) is 38.4 Å². The first kappa shape index (κ1) is 27.1. The van der Waals surface area contributed by atoms with Gasteiger partial charge in [-0.05, 0) is 53.1 Å². The van der Waals surface area contributed by atoms with Crippen molar-refractivity contribution in [1.29, 1.82) is 0 Å². The Kier molecular flexibility index (Phi) is 9.81. The van der Waals surface area contributed by atoms with E-state index in [1.807, 2.05) is 12.1 Å². The molecule has 0 amide bonds. The molecule has 1 saturated heterocycles. The van der Waals surface area contributed by atoms with Crippen LogP contribution in [0.3, 0.4) is 0 Å². The molecule has 1 fully saturated rings. The number of hydrogen-bond acceptors (Lipinski definition) is 7. The number of hydrogen-bond donors (Lipinski definition) is 1. The number of benzene rings is 3. The predicted octanol–water partition coefficient (Wildman–Crippen LogP) is 4.64. The number of H-pyrrole nitrogens is 1. The Morgan fingerprint density at radius 3 is 2.54 bits per heavy atom. The Morgan fingerprint density at radius 2 is 1.67 bits per heavy atom. The quantitative estimate of drug-likeness (QED) is 0.238. The zero-order valence-corrected chi connectivity index (χ0v) is 22.7. The highest BCUT2D eigenvalue weighted by Crippen LogP contribution is 2.24. The molecule has 8 nitrogen and oxygen atoms in total. The van der Waals surface area contributed by atoms with E-state index in [-0.39, 0.29) is 0 Å².